The molecule has 0 aliphatic carbocycles. The van der Waals surface area contributed by atoms with Crippen molar-refractivity contribution < 1.29 is 19.4 Å². The van der Waals surface area contributed by atoms with Gasteiger partial charge in [-0.25, -0.2) is 9.69 Å². The number of hydrogen-bond donors (Lipinski definition) is 1. The Kier molecular flexibility index (Phi) is 3.94. The summed E-state index contributed by atoms with van der Waals surface area (Å²) in [4.78, 5) is 24.0. The monoisotopic (exact) mass is 276 g/mol. The first-order chi connectivity index (χ1) is 9.65. The Morgan fingerprint density at radius 1 is 1.05 bits per heavy atom. The number of carboxylic acid groups (broad SMARTS) is 1. The molecule has 2 rings (SSSR count). The van der Waals surface area contributed by atoms with E-state index in [1.165, 1.54) is 14.2 Å². The van der Waals surface area contributed by atoms with Crippen molar-refractivity contribution in [2.75, 3.05) is 19.1 Å². The van der Waals surface area contributed by atoms with Gasteiger partial charge in [0.2, 0.25) is 5.95 Å². The Labute approximate surface area is 114 Å². The van der Waals surface area contributed by atoms with Crippen molar-refractivity contribution >= 4 is 17.7 Å². The van der Waals surface area contributed by atoms with Crippen LogP contribution in [-0.2, 0) is 0 Å². The number of amides is 1. The fourth-order valence-corrected chi connectivity index (χ4v) is 1.50. The molecule has 0 saturated heterocycles. The van der Waals surface area contributed by atoms with E-state index in [9.17, 15) is 9.90 Å². The molecule has 0 radical (unpaired) electrons. The first-order valence-corrected chi connectivity index (χ1v) is 5.58. The number of rotatable bonds is 4. The summed E-state index contributed by atoms with van der Waals surface area (Å²) in [6, 6.07) is 8.37. The molecule has 8 heteroatoms. The molecular weight excluding hydrogens is 264 g/mol. The van der Waals surface area contributed by atoms with Crippen LogP contribution >= 0.6 is 0 Å². The summed E-state index contributed by atoms with van der Waals surface area (Å²) >= 11 is 0. The Hall–Kier alpha value is -2.90. The second kappa shape index (κ2) is 5.83. The number of methoxy groups -OCH3 is 2. The smallest absolute Gasteiger partial charge is 0.418 e. The minimum atomic E-state index is -1.23. The molecule has 0 unspecified atom stereocenters. The van der Waals surface area contributed by atoms with Crippen LogP contribution in [0.2, 0.25) is 0 Å². The molecule has 8 nitrogen and oxygen atoms in total. The number of benzene rings is 1. The van der Waals surface area contributed by atoms with Gasteiger partial charge < -0.3 is 14.6 Å². The summed E-state index contributed by atoms with van der Waals surface area (Å²) < 4.78 is 9.80. The Balaban J connectivity index is 2.52. The van der Waals surface area contributed by atoms with Crippen molar-refractivity contribution in [3.8, 4) is 12.0 Å². The van der Waals surface area contributed by atoms with Crippen LogP contribution < -0.4 is 14.4 Å². The van der Waals surface area contributed by atoms with Crippen molar-refractivity contribution in [1.29, 1.82) is 0 Å². The van der Waals surface area contributed by atoms with Gasteiger partial charge in [-0.2, -0.15) is 9.97 Å². The summed E-state index contributed by atoms with van der Waals surface area (Å²) in [5.74, 6) is -0.104. The van der Waals surface area contributed by atoms with E-state index in [2.05, 4.69) is 15.0 Å². The van der Waals surface area contributed by atoms with Gasteiger partial charge in [0.15, 0.2) is 0 Å². The minimum absolute atomic E-state index is 0.0333. The predicted octanol–water partition coefficient (Wildman–Crippen LogP) is 1.70. The van der Waals surface area contributed by atoms with E-state index in [0.29, 0.717) is 5.69 Å². The van der Waals surface area contributed by atoms with E-state index < -0.39 is 6.09 Å². The topological polar surface area (TPSA) is 97.7 Å². The molecule has 1 heterocycles. The molecule has 1 amide bonds. The minimum Gasteiger partial charge on any atom is -0.467 e. The van der Waals surface area contributed by atoms with Crippen LogP contribution in [0.3, 0.4) is 0 Å². The fraction of sp³-hybridized carbons (Fsp3) is 0.167. The van der Waals surface area contributed by atoms with Gasteiger partial charge in [0, 0.05) is 0 Å². The van der Waals surface area contributed by atoms with Crippen LogP contribution in [0, 0.1) is 0 Å². The van der Waals surface area contributed by atoms with E-state index in [4.69, 9.17) is 9.47 Å². The number of ether oxygens (including phenoxy) is 2. The summed E-state index contributed by atoms with van der Waals surface area (Å²) in [5, 5.41) is 9.35. The van der Waals surface area contributed by atoms with Crippen molar-refractivity contribution in [3.63, 3.8) is 0 Å². The standard InChI is InChI=1S/C12H12N4O4/c1-19-10-13-9(14-11(15-10)20-2)16(12(17)18)8-6-4-3-5-7-8/h3-7H,1-2H3,(H,17,18). The van der Waals surface area contributed by atoms with E-state index in [1.54, 1.807) is 30.3 Å². The second-order valence-corrected chi connectivity index (χ2v) is 3.56. The number of nitrogens with zero attached hydrogens (tertiary/aromatic N) is 4. The summed E-state index contributed by atoms with van der Waals surface area (Å²) in [6.45, 7) is 0. The molecule has 0 bridgehead atoms. The van der Waals surface area contributed by atoms with Gasteiger partial charge in [-0.3, -0.25) is 0 Å². The van der Waals surface area contributed by atoms with Crippen LogP contribution in [0.5, 0.6) is 12.0 Å². The van der Waals surface area contributed by atoms with Crippen molar-refractivity contribution in [2.45, 2.75) is 0 Å². The van der Waals surface area contributed by atoms with Gasteiger partial charge in [0.05, 0.1) is 19.9 Å². The maximum absolute atomic E-state index is 11.4. The van der Waals surface area contributed by atoms with Crippen molar-refractivity contribution in [1.82, 2.24) is 15.0 Å². The van der Waals surface area contributed by atoms with E-state index in [1.807, 2.05) is 0 Å². The fourth-order valence-electron chi connectivity index (χ4n) is 1.50. The average Bonchev–Trinajstić information content (AvgIpc) is 2.47. The molecule has 20 heavy (non-hydrogen) atoms. The normalized spacial score (nSPS) is 9.90. The van der Waals surface area contributed by atoms with E-state index in [-0.39, 0.29) is 18.0 Å². The molecule has 0 saturated carbocycles. The lowest BCUT2D eigenvalue weighted by Crippen LogP contribution is -2.26. The summed E-state index contributed by atoms with van der Waals surface area (Å²) in [7, 11) is 2.73. The van der Waals surface area contributed by atoms with Gasteiger partial charge in [-0.05, 0) is 12.1 Å². The highest BCUT2D eigenvalue weighted by Gasteiger charge is 2.22. The number of carbonyl (C=O) groups is 1. The molecule has 1 aromatic heterocycles. The Bertz CT molecular complexity index is 583. The third kappa shape index (κ3) is 2.74. The third-order valence-corrected chi connectivity index (χ3v) is 2.35. The quantitative estimate of drug-likeness (QED) is 0.907. The molecule has 0 aliphatic rings. The van der Waals surface area contributed by atoms with Gasteiger partial charge in [0.25, 0.3) is 0 Å². The number of hydrogen-bond acceptors (Lipinski definition) is 6. The zero-order valence-corrected chi connectivity index (χ0v) is 10.8. The maximum Gasteiger partial charge on any atom is 0.418 e. The van der Waals surface area contributed by atoms with Gasteiger partial charge in [-0.1, -0.05) is 18.2 Å². The Morgan fingerprint density at radius 2 is 1.60 bits per heavy atom. The lowest BCUT2D eigenvalue weighted by atomic mass is 10.3. The zero-order valence-electron chi connectivity index (χ0n) is 10.8. The van der Waals surface area contributed by atoms with Gasteiger partial charge in [-0.15, -0.1) is 4.98 Å². The Morgan fingerprint density at radius 3 is 2.05 bits per heavy atom. The lowest BCUT2D eigenvalue weighted by molar-refractivity contribution is 0.204. The molecule has 104 valence electrons. The first kappa shape index (κ1) is 13.5. The molecule has 1 N–H and O–H groups in total. The van der Waals surface area contributed by atoms with Crippen molar-refractivity contribution in [3.05, 3.63) is 30.3 Å². The number of anilines is 2. The third-order valence-electron chi connectivity index (χ3n) is 2.35. The van der Waals surface area contributed by atoms with Gasteiger partial charge >= 0.3 is 18.1 Å². The SMILES string of the molecule is COc1nc(OC)nc(N(C(=O)O)c2ccccc2)n1. The van der Waals surface area contributed by atoms with Gasteiger partial charge in [0.1, 0.15) is 0 Å². The predicted molar refractivity (Wildman–Crippen MR) is 69.5 cm³/mol. The highest BCUT2D eigenvalue weighted by molar-refractivity contribution is 5.92. The average molecular weight is 276 g/mol. The molecule has 0 atom stereocenters. The second-order valence-electron chi connectivity index (χ2n) is 3.56. The van der Waals surface area contributed by atoms with E-state index >= 15 is 0 Å². The van der Waals surface area contributed by atoms with Crippen molar-refractivity contribution in [2.24, 2.45) is 0 Å². The molecule has 0 aliphatic heterocycles. The molecule has 0 spiro atoms. The van der Waals surface area contributed by atoms with E-state index in [0.717, 1.165) is 4.90 Å². The number of para-hydroxylation sites is 1. The largest absolute Gasteiger partial charge is 0.467 e. The molecule has 1 aromatic carbocycles. The summed E-state index contributed by atoms with van der Waals surface area (Å²) in [5.41, 5.74) is 0.398. The highest BCUT2D eigenvalue weighted by Crippen LogP contribution is 2.24. The van der Waals surface area contributed by atoms with Crippen LogP contribution in [0.4, 0.5) is 16.4 Å². The summed E-state index contributed by atoms with van der Waals surface area (Å²) in [6.07, 6.45) is -1.23. The maximum atomic E-state index is 11.4. The molecule has 2 aromatic rings. The van der Waals surface area contributed by atoms with Crippen LogP contribution in [0.1, 0.15) is 0 Å². The van der Waals surface area contributed by atoms with Crippen LogP contribution in [-0.4, -0.2) is 40.4 Å². The first-order valence-electron chi connectivity index (χ1n) is 5.58. The zero-order chi connectivity index (χ0) is 14.5. The number of aromatic nitrogens is 3. The molecular formula is C12H12N4O4. The molecule has 0 fully saturated rings. The highest BCUT2D eigenvalue weighted by atomic mass is 16.5. The van der Waals surface area contributed by atoms with Crippen LogP contribution in [0.25, 0.3) is 0 Å². The van der Waals surface area contributed by atoms with Crippen LogP contribution in [0.15, 0.2) is 30.3 Å². The lowest BCUT2D eigenvalue weighted by Gasteiger charge is -2.17.